The van der Waals surface area contributed by atoms with E-state index in [0.29, 0.717) is 12.6 Å². The lowest BCUT2D eigenvalue weighted by molar-refractivity contribution is 0.611. The average molecular weight is 259 g/mol. The minimum atomic E-state index is -0.191. The third-order valence-corrected chi connectivity index (χ3v) is 3.49. The van der Waals surface area contributed by atoms with E-state index in [4.69, 9.17) is 0 Å². The van der Waals surface area contributed by atoms with Crippen LogP contribution in [-0.4, -0.2) is 15.8 Å². The fourth-order valence-electron chi connectivity index (χ4n) is 2.11. The van der Waals surface area contributed by atoms with Crippen LogP contribution < -0.4 is 5.32 Å². The van der Waals surface area contributed by atoms with Crippen molar-refractivity contribution in [1.29, 1.82) is 0 Å². The number of hydrogen-bond acceptors (Lipinski definition) is 2. The molecule has 19 heavy (non-hydrogen) atoms. The molecule has 0 bridgehead atoms. The predicted molar refractivity (Wildman–Crippen MR) is 72.3 cm³/mol. The van der Waals surface area contributed by atoms with Gasteiger partial charge < -0.3 is 5.32 Å². The zero-order valence-corrected chi connectivity index (χ0v) is 11.1. The molecule has 1 saturated carbocycles. The largest absolute Gasteiger partial charge is 0.308 e. The van der Waals surface area contributed by atoms with Crippen LogP contribution in [0.1, 0.15) is 29.7 Å². The number of aryl methyl sites for hydroxylation is 1. The predicted octanol–water partition coefficient (Wildman–Crippen LogP) is 2.63. The molecule has 1 N–H and O–H groups in total. The molecule has 3 rings (SSSR count). The second-order valence-corrected chi connectivity index (χ2v) is 5.23. The highest BCUT2D eigenvalue weighted by atomic mass is 19.1. The van der Waals surface area contributed by atoms with Crippen molar-refractivity contribution < 1.29 is 4.39 Å². The molecule has 0 aliphatic heterocycles. The highest BCUT2D eigenvalue weighted by molar-refractivity contribution is 5.26. The topological polar surface area (TPSA) is 29.9 Å². The second-order valence-electron chi connectivity index (χ2n) is 5.23. The Hall–Kier alpha value is -1.68. The number of aromatic nitrogens is 2. The van der Waals surface area contributed by atoms with Gasteiger partial charge in [0.15, 0.2) is 0 Å². The number of nitrogens with zero attached hydrogens (tertiary/aromatic N) is 2. The van der Waals surface area contributed by atoms with Crippen LogP contribution in [0.4, 0.5) is 4.39 Å². The molecule has 100 valence electrons. The average Bonchev–Trinajstić information content (AvgIpc) is 3.12. The van der Waals surface area contributed by atoms with Gasteiger partial charge in [0.05, 0.1) is 12.2 Å². The van der Waals surface area contributed by atoms with Crippen LogP contribution >= 0.6 is 0 Å². The fourth-order valence-corrected chi connectivity index (χ4v) is 2.11. The van der Waals surface area contributed by atoms with E-state index >= 15 is 0 Å². The molecule has 0 saturated heterocycles. The summed E-state index contributed by atoms with van der Waals surface area (Å²) in [5, 5.41) is 7.94. The Morgan fingerprint density at radius 3 is 3.00 bits per heavy atom. The normalized spacial score (nSPS) is 14.8. The Kier molecular flexibility index (Phi) is 3.34. The molecule has 4 heteroatoms. The summed E-state index contributed by atoms with van der Waals surface area (Å²) < 4.78 is 15.1. The summed E-state index contributed by atoms with van der Waals surface area (Å²) in [4.78, 5) is 0. The Morgan fingerprint density at radius 1 is 1.37 bits per heavy atom. The lowest BCUT2D eigenvalue weighted by atomic mass is 10.1. The molecule has 0 spiro atoms. The zero-order valence-electron chi connectivity index (χ0n) is 11.1. The number of nitrogens with one attached hydrogen (secondary N) is 1. The van der Waals surface area contributed by atoms with Crippen molar-refractivity contribution in [2.75, 3.05) is 0 Å². The van der Waals surface area contributed by atoms with Crippen molar-refractivity contribution in [3.63, 3.8) is 0 Å². The van der Waals surface area contributed by atoms with E-state index in [9.17, 15) is 4.39 Å². The molecule has 1 aromatic carbocycles. The third kappa shape index (κ3) is 3.20. The fraction of sp³-hybridized carbons (Fsp3) is 0.400. The number of benzene rings is 1. The van der Waals surface area contributed by atoms with Gasteiger partial charge in [0.1, 0.15) is 5.82 Å². The van der Waals surface area contributed by atoms with Crippen LogP contribution in [0.5, 0.6) is 0 Å². The lowest BCUT2D eigenvalue weighted by Gasteiger charge is -2.06. The highest BCUT2D eigenvalue weighted by Crippen LogP contribution is 2.19. The molecule has 0 unspecified atom stereocenters. The van der Waals surface area contributed by atoms with Crippen molar-refractivity contribution >= 4 is 0 Å². The molecule has 1 aromatic heterocycles. The molecular formula is C15H18FN3. The first-order chi connectivity index (χ1) is 9.20. The molecule has 2 aromatic rings. The Morgan fingerprint density at radius 2 is 2.21 bits per heavy atom. The number of hydrogen-bond donors (Lipinski definition) is 1. The maximum atomic E-state index is 13.2. The number of rotatable bonds is 5. The van der Waals surface area contributed by atoms with Crippen molar-refractivity contribution in [3.8, 4) is 0 Å². The van der Waals surface area contributed by atoms with Crippen LogP contribution in [-0.2, 0) is 13.1 Å². The third-order valence-electron chi connectivity index (χ3n) is 3.49. The summed E-state index contributed by atoms with van der Waals surface area (Å²) in [7, 11) is 0. The van der Waals surface area contributed by atoms with Crippen LogP contribution in [0.3, 0.4) is 0 Å². The SMILES string of the molecule is Cc1ccc(F)cc1Cn1ccc(CNC2CC2)n1. The Balaban J connectivity index is 1.66. The standard InChI is InChI=1S/C15H18FN3/c1-11-2-3-13(16)8-12(11)10-19-7-6-15(18-19)9-17-14-4-5-14/h2-3,6-8,14,17H,4-5,9-10H2,1H3. The molecule has 0 amide bonds. The van der Waals surface area contributed by atoms with Crippen molar-refractivity contribution in [2.45, 2.75) is 38.9 Å². The first-order valence-corrected chi connectivity index (χ1v) is 6.71. The molecular weight excluding hydrogens is 241 g/mol. The maximum absolute atomic E-state index is 13.2. The minimum absolute atomic E-state index is 0.191. The molecule has 1 aliphatic carbocycles. The van der Waals surface area contributed by atoms with Crippen LogP contribution in [0.2, 0.25) is 0 Å². The summed E-state index contributed by atoms with van der Waals surface area (Å²) in [6.07, 6.45) is 4.51. The van der Waals surface area contributed by atoms with Crippen LogP contribution in [0, 0.1) is 12.7 Å². The van der Waals surface area contributed by atoms with Gasteiger partial charge in [-0.25, -0.2) is 4.39 Å². The van der Waals surface area contributed by atoms with Crippen molar-refractivity contribution in [3.05, 3.63) is 53.1 Å². The zero-order chi connectivity index (χ0) is 13.2. The van der Waals surface area contributed by atoms with Crippen molar-refractivity contribution in [2.24, 2.45) is 0 Å². The molecule has 1 heterocycles. The van der Waals surface area contributed by atoms with E-state index in [1.54, 1.807) is 6.07 Å². The van der Waals surface area contributed by atoms with E-state index < -0.39 is 0 Å². The molecule has 0 radical (unpaired) electrons. The van der Waals surface area contributed by atoms with Crippen LogP contribution in [0.25, 0.3) is 0 Å². The summed E-state index contributed by atoms with van der Waals surface area (Å²) in [6, 6.07) is 7.59. The molecule has 1 fully saturated rings. The van der Waals surface area contributed by atoms with Gasteiger partial charge in [-0.15, -0.1) is 0 Å². The molecule has 0 atom stereocenters. The van der Waals surface area contributed by atoms with E-state index in [1.807, 2.05) is 29.9 Å². The molecule has 1 aliphatic rings. The lowest BCUT2D eigenvalue weighted by Crippen LogP contribution is -2.16. The summed E-state index contributed by atoms with van der Waals surface area (Å²) >= 11 is 0. The van der Waals surface area contributed by atoms with Crippen molar-refractivity contribution in [1.82, 2.24) is 15.1 Å². The maximum Gasteiger partial charge on any atom is 0.123 e. The van der Waals surface area contributed by atoms with E-state index in [1.165, 1.54) is 18.9 Å². The van der Waals surface area contributed by atoms with E-state index in [0.717, 1.165) is 23.4 Å². The minimum Gasteiger partial charge on any atom is -0.308 e. The number of halogens is 1. The van der Waals surface area contributed by atoms with Gasteiger partial charge in [0, 0.05) is 18.8 Å². The van der Waals surface area contributed by atoms with Gasteiger partial charge in [0.25, 0.3) is 0 Å². The van der Waals surface area contributed by atoms with Gasteiger partial charge in [-0.3, -0.25) is 4.68 Å². The summed E-state index contributed by atoms with van der Waals surface area (Å²) in [5.41, 5.74) is 3.11. The quantitative estimate of drug-likeness (QED) is 0.894. The first kappa shape index (κ1) is 12.4. The summed E-state index contributed by atoms with van der Waals surface area (Å²) in [6.45, 7) is 3.43. The van der Waals surface area contributed by atoms with E-state index in [-0.39, 0.29) is 5.82 Å². The smallest absolute Gasteiger partial charge is 0.123 e. The van der Waals surface area contributed by atoms with Gasteiger partial charge in [-0.2, -0.15) is 5.10 Å². The van der Waals surface area contributed by atoms with Gasteiger partial charge in [-0.1, -0.05) is 6.07 Å². The highest BCUT2D eigenvalue weighted by Gasteiger charge is 2.20. The summed E-state index contributed by atoms with van der Waals surface area (Å²) in [5.74, 6) is -0.191. The second kappa shape index (κ2) is 5.13. The van der Waals surface area contributed by atoms with Gasteiger partial charge >= 0.3 is 0 Å². The Bertz CT molecular complexity index is 573. The van der Waals surface area contributed by atoms with Gasteiger partial charge in [0.2, 0.25) is 0 Å². The monoisotopic (exact) mass is 259 g/mol. The first-order valence-electron chi connectivity index (χ1n) is 6.71. The Labute approximate surface area is 112 Å². The van der Waals surface area contributed by atoms with Crippen LogP contribution in [0.15, 0.2) is 30.5 Å². The van der Waals surface area contributed by atoms with Gasteiger partial charge in [-0.05, 0) is 49.1 Å². The molecule has 3 nitrogen and oxygen atoms in total. The van der Waals surface area contributed by atoms with E-state index in [2.05, 4.69) is 10.4 Å².